The number of piperazine rings is 1. The third kappa shape index (κ3) is 4.55. The lowest BCUT2D eigenvalue weighted by Crippen LogP contribution is -2.51. The minimum atomic E-state index is -3.50. The summed E-state index contributed by atoms with van der Waals surface area (Å²) in [5.74, 6) is -0.00836. The monoisotopic (exact) mass is 353 g/mol. The van der Waals surface area contributed by atoms with Crippen LogP contribution in [0, 0.1) is 0 Å². The molecule has 6 nitrogen and oxygen atoms in total. The summed E-state index contributed by atoms with van der Waals surface area (Å²) in [6, 6.07) is 6.92. The second-order valence-electron chi connectivity index (χ2n) is 6.36. The van der Waals surface area contributed by atoms with E-state index in [0.717, 1.165) is 18.4 Å². The Morgan fingerprint density at radius 1 is 1.17 bits per heavy atom. The highest BCUT2D eigenvalue weighted by Crippen LogP contribution is 2.19. The molecule has 0 radical (unpaired) electrons. The van der Waals surface area contributed by atoms with Crippen LogP contribution in [0.1, 0.15) is 32.3 Å². The van der Waals surface area contributed by atoms with Crippen molar-refractivity contribution < 1.29 is 13.2 Å². The summed E-state index contributed by atoms with van der Waals surface area (Å²) >= 11 is 0. The highest BCUT2D eigenvalue weighted by Gasteiger charge is 2.30. The molecule has 7 heteroatoms. The van der Waals surface area contributed by atoms with Crippen LogP contribution in [-0.2, 0) is 21.2 Å². The van der Waals surface area contributed by atoms with E-state index in [-0.39, 0.29) is 11.9 Å². The van der Waals surface area contributed by atoms with Crippen molar-refractivity contribution >= 4 is 15.9 Å². The van der Waals surface area contributed by atoms with Gasteiger partial charge in [0.05, 0.1) is 4.90 Å². The molecule has 134 valence electrons. The molecule has 1 atom stereocenters. The van der Waals surface area contributed by atoms with Gasteiger partial charge >= 0.3 is 0 Å². The predicted octanol–water partition coefficient (Wildman–Crippen LogP) is 1.21. The molecule has 1 amide bonds. The van der Waals surface area contributed by atoms with E-state index < -0.39 is 10.0 Å². The molecule has 2 rings (SSSR count). The highest BCUT2D eigenvalue weighted by molar-refractivity contribution is 7.89. The Balaban J connectivity index is 2.00. The van der Waals surface area contributed by atoms with Gasteiger partial charge in [0.25, 0.3) is 0 Å². The molecule has 2 N–H and O–H groups in total. The lowest BCUT2D eigenvalue weighted by atomic mass is 10.1. The summed E-state index contributed by atoms with van der Waals surface area (Å²) < 4.78 is 26.9. The number of hydrogen-bond acceptors (Lipinski definition) is 4. The van der Waals surface area contributed by atoms with E-state index in [0.29, 0.717) is 37.5 Å². The van der Waals surface area contributed by atoms with Crippen molar-refractivity contribution in [1.82, 2.24) is 9.21 Å². The molecule has 0 saturated carbocycles. The van der Waals surface area contributed by atoms with Crippen LogP contribution < -0.4 is 5.73 Å². The second-order valence-corrected chi connectivity index (χ2v) is 8.30. The fourth-order valence-electron chi connectivity index (χ4n) is 2.85. The summed E-state index contributed by atoms with van der Waals surface area (Å²) in [5.41, 5.74) is 6.79. The van der Waals surface area contributed by atoms with Gasteiger partial charge in [-0.05, 0) is 31.0 Å². The van der Waals surface area contributed by atoms with E-state index in [1.54, 1.807) is 24.0 Å². The zero-order valence-electron chi connectivity index (χ0n) is 14.4. The predicted molar refractivity (Wildman–Crippen MR) is 94.0 cm³/mol. The molecule has 1 heterocycles. The molecule has 1 fully saturated rings. The van der Waals surface area contributed by atoms with Crippen LogP contribution in [-0.4, -0.2) is 55.8 Å². The van der Waals surface area contributed by atoms with Crippen LogP contribution in [0.5, 0.6) is 0 Å². The first-order valence-electron chi connectivity index (χ1n) is 8.47. The van der Waals surface area contributed by atoms with Crippen LogP contribution in [0.3, 0.4) is 0 Å². The average molecular weight is 353 g/mol. The van der Waals surface area contributed by atoms with Gasteiger partial charge in [0.1, 0.15) is 0 Å². The fourth-order valence-corrected chi connectivity index (χ4v) is 4.27. The van der Waals surface area contributed by atoms with Crippen molar-refractivity contribution in [1.29, 1.82) is 0 Å². The normalized spacial score (nSPS) is 17.7. The second kappa shape index (κ2) is 8.09. The van der Waals surface area contributed by atoms with Gasteiger partial charge in [-0.1, -0.05) is 25.5 Å². The van der Waals surface area contributed by atoms with Gasteiger partial charge in [0, 0.05) is 38.6 Å². The third-order valence-electron chi connectivity index (χ3n) is 4.19. The minimum absolute atomic E-state index is 0.00836. The number of rotatable bonds is 6. The van der Waals surface area contributed by atoms with E-state index in [1.807, 2.05) is 12.1 Å². The van der Waals surface area contributed by atoms with Crippen molar-refractivity contribution in [2.24, 2.45) is 5.73 Å². The lowest BCUT2D eigenvalue weighted by Gasteiger charge is -2.34. The van der Waals surface area contributed by atoms with Crippen LogP contribution in [0.2, 0.25) is 0 Å². The molecule has 0 aliphatic carbocycles. The van der Waals surface area contributed by atoms with Gasteiger partial charge in [-0.3, -0.25) is 4.79 Å². The van der Waals surface area contributed by atoms with E-state index >= 15 is 0 Å². The first-order chi connectivity index (χ1) is 11.3. The first kappa shape index (κ1) is 18.9. The van der Waals surface area contributed by atoms with Crippen LogP contribution in [0.4, 0.5) is 0 Å². The molecule has 1 aromatic carbocycles. The Morgan fingerprint density at radius 3 is 2.25 bits per heavy atom. The smallest absolute Gasteiger partial charge is 0.243 e. The van der Waals surface area contributed by atoms with Crippen molar-refractivity contribution in [3.05, 3.63) is 29.8 Å². The zero-order chi connectivity index (χ0) is 17.7. The molecule has 1 aliphatic heterocycles. The van der Waals surface area contributed by atoms with E-state index in [4.69, 9.17) is 5.73 Å². The largest absolute Gasteiger partial charge is 0.340 e. The molecule has 0 aromatic heterocycles. The highest BCUT2D eigenvalue weighted by atomic mass is 32.2. The Hall–Kier alpha value is -1.44. The third-order valence-corrected chi connectivity index (χ3v) is 6.10. The van der Waals surface area contributed by atoms with Crippen molar-refractivity contribution in [3.8, 4) is 0 Å². The van der Waals surface area contributed by atoms with Crippen molar-refractivity contribution in [2.75, 3.05) is 26.2 Å². The summed E-state index contributed by atoms with van der Waals surface area (Å²) in [7, 11) is -3.50. The average Bonchev–Trinajstić information content (AvgIpc) is 2.55. The van der Waals surface area contributed by atoms with Gasteiger partial charge in [-0.25, -0.2) is 8.42 Å². The number of sulfonamides is 1. The Kier molecular flexibility index (Phi) is 6.37. The molecular weight excluding hydrogens is 326 g/mol. The maximum atomic E-state index is 12.7. The van der Waals surface area contributed by atoms with Crippen LogP contribution in [0.15, 0.2) is 29.2 Å². The van der Waals surface area contributed by atoms with Crippen molar-refractivity contribution in [2.45, 2.75) is 44.0 Å². The molecular formula is C17H27N3O3S. The van der Waals surface area contributed by atoms with E-state index in [9.17, 15) is 13.2 Å². The number of carbonyl (C=O) groups is 1. The zero-order valence-corrected chi connectivity index (χ0v) is 15.3. The quantitative estimate of drug-likeness (QED) is 0.833. The maximum absolute atomic E-state index is 12.7. The topological polar surface area (TPSA) is 83.7 Å². The van der Waals surface area contributed by atoms with Gasteiger partial charge in [0.2, 0.25) is 15.9 Å². The minimum Gasteiger partial charge on any atom is -0.340 e. The summed E-state index contributed by atoms with van der Waals surface area (Å²) in [4.78, 5) is 14.0. The number of nitrogens with zero attached hydrogens (tertiary/aromatic N) is 2. The number of hydrogen-bond donors (Lipinski definition) is 1. The van der Waals surface area contributed by atoms with Crippen LogP contribution >= 0.6 is 0 Å². The van der Waals surface area contributed by atoms with Gasteiger partial charge in [-0.2, -0.15) is 4.31 Å². The molecule has 1 aromatic rings. The first-order valence-corrected chi connectivity index (χ1v) is 9.91. The molecule has 1 unspecified atom stereocenters. The SMILES string of the molecule is CCCc1ccc(S(=O)(=O)N2CCN(C(=O)CC(C)N)CC2)cc1. The van der Waals surface area contributed by atoms with E-state index in [1.165, 1.54) is 4.31 Å². The van der Waals surface area contributed by atoms with E-state index in [2.05, 4.69) is 6.92 Å². The number of benzene rings is 1. The Morgan fingerprint density at radius 2 is 1.75 bits per heavy atom. The summed E-state index contributed by atoms with van der Waals surface area (Å²) in [6.07, 6.45) is 2.27. The summed E-state index contributed by atoms with van der Waals surface area (Å²) in [6.45, 7) is 5.36. The van der Waals surface area contributed by atoms with Crippen LogP contribution in [0.25, 0.3) is 0 Å². The molecule has 0 bridgehead atoms. The number of amides is 1. The lowest BCUT2D eigenvalue weighted by molar-refractivity contribution is -0.132. The Labute approximate surface area is 144 Å². The molecule has 1 saturated heterocycles. The number of nitrogens with two attached hydrogens (primary N) is 1. The molecule has 0 spiro atoms. The molecule has 24 heavy (non-hydrogen) atoms. The van der Waals surface area contributed by atoms with Gasteiger partial charge < -0.3 is 10.6 Å². The molecule has 1 aliphatic rings. The van der Waals surface area contributed by atoms with Gasteiger partial charge in [0.15, 0.2) is 0 Å². The summed E-state index contributed by atoms with van der Waals surface area (Å²) in [5, 5.41) is 0. The van der Waals surface area contributed by atoms with Crippen molar-refractivity contribution in [3.63, 3.8) is 0 Å². The Bertz CT molecular complexity index is 648. The maximum Gasteiger partial charge on any atom is 0.243 e. The number of aryl methyl sites for hydroxylation is 1. The standard InChI is InChI=1S/C17H27N3O3S/c1-3-4-15-5-7-16(8-6-15)24(22,23)20-11-9-19(10-12-20)17(21)13-14(2)18/h5-8,14H,3-4,9-13,18H2,1-2H3. The van der Waals surface area contributed by atoms with Gasteiger partial charge in [-0.15, -0.1) is 0 Å². The number of carbonyl (C=O) groups excluding carboxylic acids is 1. The fraction of sp³-hybridized carbons (Fsp3) is 0.588.